The van der Waals surface area contributed by atoms with Gasteiger partial charge >= 0.3 is 5.97 Å². The number of ether oxygens (including phenoxy) is 4. The Balaban J connectivity index is 2.10. The quantitative estimate of drug-likeness (QED) is 0.183. The van der Waals surface area contributed by atoms with Gasteiger partial charge in [0.1, 0.15) is 28.4 Å². The van der Waals surface area contributed by atoms with Gasteiger partial charge in [-0.1, -0.05) is 6.07 Å². The molecule has 11 heteroatoms. The van der Waals surface area contributed by atoms with Crippen molar-refractivity contribution in [2.45, 2.75) is 26.8 Å². The van der Waals surface area contributed by atoms with Gasteiger partial charge in [0.15, 0.2) is 5.49 Å². The zero-order valence-corrected chi connectivity index (χ0v) is 22.5. The number of aryl methyl sites for hydroxylation is 2. The molecule has 1 amide bonds. The highest BCUT2D eigenvalue weighted by Gasteiger charge is 2.21. The Labute approximate surface area is 224 Å². The minimum absolute atomic E-state index is 0.0219. The first kappa shape index (κ1) is 27.5. The van der Waals surface area contributed by atoms with Crippen LogP contribution in [0.25, 0.3) is 16.7 Å². The van der Waals surface area contributed by atoms with Gasteiger partial charge in [-0.15, -0.1) is 0 Å². The van der Waals surface area contributed by atoms with Crippen LogP contribution in [0.1, 0.15) is 39.6 Å². The number of carbonyl (C=O) groups is 2. The van der Waals surface area contributed by atoms with E-state index in [0.717, 1.165) is 5.56 Å². The van der Waals surface area contributed by atoms with Crippen LogP contribution in [0.3, 0.4) is 0 Å². The monoisotopic (exact) mass is 534 g/mol. The lowest BCUT2D eigenvalue weighted by atomic mass is 10.1. The molecule has 39 heavy (non-hydrogen) atoms. The molecule has 0 radical (unpaired) electrons. The number of aromatic nitrogens is 3. The number of amides is 1. The predicted molar refractivity (Wildman–Crippen MR) is 144 cm³/mol. The van der Waals surface area contributed by atoms with E-state index in [2.05, 4.69) is 4.99 Å². The second-order valence-electron chi connectivity index (χ2n) is 8.66. The van der Waals surface area contributed by atoms with Crippen LogP contribution >= 0.6 is 0 Å². The molecule has 0 saturated carbocycles. The normalized spacial score (nSPS) is 11.7. The second kappa shape index (κ2) is 11.9. The SMILES string of the molecule is CCOC(=O)c1cc2c(=O)n3cccc(C)c3nc2n(CCCOC)c1=NC(=O)c1cc(OC)cc(OC)c1. The van der Waals surface area contributed by atoms with Gasteiger partial charge in [0.25, 0.3) is 11.5 Å². The lowest BCUT2D eigenvalue weighted by molar-refractivity contribution is 0.0523. The largest absolute Gasteiger partial charge is 0.497 e. The Morgan fingerprint density at radius 1 is 1.03 bits per heavy atom. The number of hydrogen-bond donors (Lipinski definition) is 0. The molecule has 1 aromatic carbocycles. The summed E-state index contributed by atoms with van der Waals surface area (Å²) in [7, 11) is 4.52. The highest BCUT2D eigenvalue weighted by atomic mass is 16.5. The Morgan fingerprint density at radius 3 is 2.38 bits per heavy atom. The average Bonchev–Trinajstić information content (AvgIpc) is 2.94. The molecule has 0 bridgehead atoms. The second-order valence-corrected chi connectivity index (χ2v) is 8.66. The van der Waals surface area contributed by atoms with Gasteiger partial charge in [-0.25, -0.2) is 9.78 Å². The number of carbonyl (C=O) groups excluding carboxylic acids is 2. The summed E-state index contributed by atoms with van der Waals surface area (Å²) in [5.41, 5.74) is 1.34. The Hall–Kier alpha value is -4.51. The first-order valence-electron chi connectivity index (χ1n) is 12.4. The fourth-order valence-electron chi connectivity index (χ4n) is 4.24. The van der Waals surface area contributed by atoms with Crippen molar-refractivity contribution in [3.05, 3.63) is 75.1 Å². The zero-order chi connectivity index (χ0) is 28.1. The van der Waals surface area contributed by atoms with Crippen LogP contribution in [0.4, 0.5) is 0 Å². The number of pyridine rings is 2. The highest BCUT2D eigenvalue weighted by molar-refractivity contribution is 5.97. The molecule has 0 N–H and O–H groups in total. The molecule has 0 spiro atoms. The van der Waals surface area contributed by atoms with Gasteiger partial charge in [0, 0.05) is 38.1 Å². The summed E-state index contributed by atoms with van der Waals surface area (Å²) in [6, 6.07) is 9.67. The van der Waals surface area contributed by atoms with Crippen molar-refractivity contribution in [1.29, 1.82) is 0 Å². The molecule has 3 heterocycles. The molecule has 0 aliphatic rings. The summed E-state index contributed by atoms with van der Waals surface area (Å²) in [6.07, 6.45) is 2.12. The highest BCUT2D eigenvalue weighted by Crippen LogP contribution is 2.23. The van der Waals surface area contributed by atoms with E-state index in [0.29, 0.717) is 30.2 Å². The summed E-state index contributed by atoms with van der Waals surface area (Å²) in [5.74, 6) is -0.557. The fourth-order valence-corrected chi connectivity index (χ4v) is 4.24. The van der Waals surface area contributed by atoms with Gasteiger partial charge in [0.05, 0.1) is 26.2 Å². The molecule has 0 saturated heterocycles. The van der Waals surface area contributed by atoms with E-state index in [9.17, 15) is 14.4 Å². The molecule has 0 aliphatic carbocycles. The predicted octanol–water partition coefficient (Wildman–Crippen LogP) is 2.93. The number of methoxy groups -OCH3 is 3. The molecule has 11 nitrogen and oxygen atoms in total. The Morgan fingerprint density at radius 2 is 1.74 bits per heavy atom. The number of rotatable bonds is 9. The van der Waals surface area contributed by atoms with Crippen LogP contribution in [0.2, 0.25) is 0 Å². The molecule has 204 valence electrons. The minimum atomic E-state index is -0.719. The van der Waals surface area contributed by atoms with E-state index >= 15 is 0 Å². The molecule has 0 aliphatic heterocycles. The molecule has 0 atom stereocenters. The molecule has 4 aromatic rings. The van der Waals surface area contributed by atoms with Crippen molar-refractivity contribution >= 4 is 28.6 Å². The van der Waals surface area contributed by atoms with Gasteiger partial charge in [-0.2, -0.15) is 4.99 Å². The number of hydrogen-bond acceptors (Lipinski definition) is 8. The van der Waals surface area contributed by atoms with E-state index < -0.39 is 11.9 Å². The first-order valence-corrected chi connectivity index (χ1v) is 12.4. The summed E-state index contributed by atoms with van der Waals surface area (Å²) < 4.78 is 24.1. The molecule has 0 fully saturated rings. The van der Waals surface area contributed by atoms with Gasteiger partial charge < -0.3 is 23.5 Å². The van der Waals surface area contributed by atoms with E-state index in [4.69, 9.17) is 23.9 Å². The number of nitrogens with zero attached hydrogens (tertiary/aromatic N) is 4. The smallest absolute Gasteiger partial charge is 0.341 e. The Bertz CT molecular complexity index is 1670. The molecule has 0 unspecified atom stereocenters. The maximum absolute atomic E-state index is 13.6. The van der Waals surface area contributed by atoms with Gasteiger partial charge in [0.2, 0.25) is 0 Å². The molecule has 3 aromatic heterocycles. The first-order chi connectivity index (χ1) is 18.8. The third-order valence-corrected chi connectivity index (χ3v) is 6.14. The number of esters is 1. The maximum atomic E-state index is 13.6. The maximum Gasteiger partial charge on any atom is 0.341 e. The Kier molecular flexibility index (Phi) is 8.40. The molecular weight excluding hydrogens is 504 g/mol. The van der Waals surface area contributed by atoms with Gasteiger partial charge in [-0.05, 0) is 50.1 Å². The average molecular weight is 535 g/mol. The van der Waals surface area contributed by atoms with Crippen molar-refractivity contribution in [2.24, 2.45) is 4.99 Å². The van der Waals surface area contributed by atoms with Crippen LogP contribution in [0, 0.1) is 6.92 Å². The van der Waals surface area contributed by atoms with Crippen molar-refractivity contribution in [1.82, 2.24) is 14.0 Å². The van der Waals surface area contributed by atoms with Crippen LogP contribution in [0.15, 0.2) is 52.4 Å². The lowest BCUT2D eigenvalue weighted by Crippen LogP contribution is -2.33. The van der Waals surface area contributed by atoms with Crippen molar-refractivity contribution in [3.63, 3.8) is 0 Å². The summed E-state index contributed by atoms with van der Waals surface area (Å²) in [5, 5.41) is 0.188. The zero-order valence-electron chi connectivity index (χ0n) is 22.5. The fraction of sp³-hybridized carbons (Fsp3) is 0.321. The third kappa shape index (κ3) is 5.53. The van der Waals surface area contributed by atoms with Crippen molar-refractivity contribution < 1.29 is 28.5 Å². The summed E-state index contributed by atoms with van der Waals surface area (Å²) >= 11 is 0. The van der Waals surface area contributed by atoms with Crippen molar-refractivity contribution in [3.8, 4) is 11.5 Å². The number of benzene rings is 1. The molecular formula is C28H30N4O7. The van der Waals surface area contributed by atoms with E-state index in [1.807, 2.05) is 13.0 Å². The minimum Gasteiger partial charge on any atom is -0.497 e. The summed E-state index contributed by atoms with van der Waals surface area (Å²) in [6.45, 7) is 4.27. The van der Waals surface area contributed by atoms with Crippen LogP contribution in [0.5, 0.6) is 11.5 Å². The standard InChI is InChI=1S/C28H30N4O7/c1-6-39-28(35)22-16-21-24(29-23-17(2)9-7-10-32(23)27(21)34)31(11-8-12-36-3)25(22)30-26(33)18-13-19(37-4)15-20(14-18)38-5/h7,9-10,13-16H,6,8,11-12H2,1-5H3. The topological polar surface area (TPSA) is 123 Å². The van der Waals surface area contributed by atoms with Crippen molar-refractivity contribution in [2.75, 3.05) is 34.5 Å². The number of fused-ring (bicyclic) bond motifs is 2. The van der Waals surface area contributed by atoms with Gasteiger partial charge in [-0.3, -0.25) is 14.0 Å². The third-order valence-electron chi connectivity index (χ3n) is 6.14. The summed E-state index contributed by atoms with van der Waals surface area (Å²) in [4.78, 5) is 49.3. The molecule has 4 rings (SSSR count). The lowest BCUT2D eigenvalue weighted by Gasteiger charge is -2.15. The van der Waals surface area contributed by atoms with Crippen LogP contribution in [-0.4, -0.2) is 60.4 Å². The van der Waals surface area contributed by atoms with E-state index in [1.54, 1.807) is 36.9 Å². The van der Waals surface area contributed by atoms with Crippen LogP contribution in [-0.2, 0) is 16.0 Å². The van der Waals surface area contributed by atoms with Crippen LogP contribution < -0.4 is 20.5 Å². The van der Waals surface area contributed by atoms with E-state index in [1.165, 1.54) is 36.8 Å². The van der Waals surface area contributed by atoms with E-state index in [-0.39, 0.29) is 46.4 Å².